The van der Waals surface area contributed by atoms with E-state index in [-0.39, 0.29) is 23.1 Å². The maximum Gasteiger partial charge on any atom is 0.354 e. The molecule has 0 bridgehead atoms. The predicted molar refractivity (Wildman–Crippen MR) is 71.6 cm³/mol. The van der Waals surface area contributed by atoms with E-state index < -0.39 is 10.9 Å². The number of benzene rings is 1. The van der Waals surface area contributed by atoms with Crippen LogP contribution in [0.5, 0.6) is 11.8 Å². The van der Waals surface area contributed by atoms with Crippen molar-refractivity contribution in [1.82, 2.24) is 9.97 Å². The van der Waals surface area contributed by atoms with Crippen molar-refractivity contribution < 1.29 is 19.6 Å². The van der Waals surface area contributed by atoms with E-state index >= 15 is 0 Å². The summed E-state index contributed by atoms with van der Waals surface area (Å²) >= 11 is 0. The smallest absolute Gasteiger partial charge is 0.354 e. The molecule has 0 radical (unpaired) electrons. The highest BCUT2D eigenvalue weighted by Gasteiger charge is 2.18. The van der Waals surface area contributed by atoms with Gasteiger partial charge in [-0.1, -0.05) is 6.07 Å². The Bertz CT molecular complexity index is 730. The van der Waals surface area contributed by atoms with Crippen LogP contribution in [0.25, 0.3) is 0 Å². The third-order valence-corrected chi connectivity index (χ3v) is 2.57. The molecule has 0 aliphatic rings. The summed E-state index contributed by atoms with van der Waals surface area (Å²) in [6, 6.07) is 5.43. The number of aryl methyl sites for hydroxylation is 2. The topological polar surface area (TPSA) is 115 Å². The van der Waals surface area contributed by atoms with E-state index in [4.69, 9.17) is 9.84 Å². The summed E-state index contributed by atoms with van der Waals surface area (Å²) in [5.74, 6) is -1.28. The van der Waals surface area contributed by atoms with Gasteiger partial charge in [0.1, 0.15) is 0 Å². The molecule has 0 aliphatic heterocycles. The monoisotopic (exact) mass is 289 g/mol. The second kappa shape index (κ2) is 5.53. The Balaban J connectivity index is 2.43. The van der Waals surface area contributed by atoms with Crippen LogP contribution in [-0.2, 0) is 0 Å². The number of hydrogen-bond acceptors (Lipinski definition) is 6. The zero-order chi connectivity index (χ0) is 15.6. The number of nitro benzene ring substituents is 1. The first-order valence-electron chi connectivity index (χ1n) is 5.88. The van der Waals surface area contributed by atoms with E-state index in [0.29, 0.717) is 11.3 Å². The standard InChI is InChI=1S/C13H11N3O5/c1-7-3-4-11(10(5-7)16(19)20)21-13-14-8(2)6-9(15-13)12(17)18/h3-6H,1-2H3,(H,17,18). The van der Waals surface area contributed by atoms with Crippen LogP contribution in [0.15, 0.2) is 24.3 Å². The number of rotatable bonds is 4. The summed E-state index contributed by atoms with van der Waals surface area (Å²) < 4.78 is 5.27. The first kappa shape index (κ1) is 14.4. The molecular formula is C13H11N3O5. The first-order chi connectivity index (χ1) is 9.86. The molecule has 2 rings (SSSR count). The molecule has 21 heavy (non-hydrogen) atoms. The molecule has 1 aromatic heterocycles. The third kappa shape index (κ3) is 3.30. The molecule has 0 atom stereocenters. The van der Waals surface area contributed by atoms with Gasteiger partial charge in [-0.3, -0.25) is 10.1 Å². The number of aromatic carboxylic acids is 1. The van der Waals surface area contributed by atoms with Crippen molar-refractivity contribution in [2.24, 2.45) is 0 Å². The molecule has 0 fully saturated rings. The van der Waals surface area contributed by atoms with E-state index in [1.807, 2.05) is 0 Å². The van der Waals surface area contributed by atoms with Gasteiger partial charge in [0.15, 0.2) is 5.69 Å². The Hall–Kier alpha value is -3.03. The van der Waals surface area contributed by atoms with Crippen molar-refractivity contribution in [2.45, 2.75) is 13.8 Å². The normalized spacial score (nSPS) is 10.2. The maximum absolute atomic E-state index is 11.0. The molecule has 0 aliphatic carbocycles. The number of ether oxygens (including phenoxy) is 1. The van der Waals surface area contributed by atoms with Gasteiger partial charge in [0.25, 0.3) is 0 Å². The number of carboxylic acids is 1. The van der Waals surface area contributed by atoms with Gasteiger partial charge >= 0.3 is 17.7 Å². The summed E-state index contributed by atoms with van der Waals surface area (Å²) in [5.41, 5.74) is 0.599. The Morgan fingerprint density at radius 3 is 2.62 bits per heavy atom. The van der Waals surface area contributed by atoms with Crippen LogP contribution in [0.1, 0.15) is 21.7 Å². The summed E-state index contributed by atoms with van der Waals surface area (Å²) in [6.45, 7) is 3.28. The van der Waals surface area contributed by atoms with E-state index in [2.05, 4.69) is 9.97 Å². The van der Waals surface area contributed by atoms with E-state index in [1.165, 1.54) is 18.2 Å². The minimum absolute atomic E-state index is 0.0486. The Morgan fingerprint density at radius 1 is 1.29 bits per heavy atom. The third-order valence-electron chi connectivity index (χ3n) is 2.57. The quantitative estimate of drug-likeness (QED) is 0.678. The van der Waals surface area contributed by atoms with Crippen molar-refractivity contribution >= 4 is 11.7 Å². The van der Waals surface area contributed by atoms with Gasteiger partial charge in [-0.05, 0) is 31.5 Å². The molecule has 0 unspecified atom stereocenters. The molecule has 0 spiro atoms. The predicted octanol–water partition coefficient (Wildman–Crippen LogP) is 2.49. The van der Waals surface area contributed by atoms with Gasteiger partial charge in [0.2, 0.25) is 5.75 Å². The van der Waals surface area contributed by atoms with E-state index in [1.54, 1.807) is 19.9 Å². The van der Waals surface area contributed by atoms with E-state index in [0.717, 1.165) is 0 Å². The summed E-state index contributed by atoms with van der Waals surface area (Å²) in [5, 5.41) is 19.9. The van der Waals surface area contributed by atoms with Crippen LogP contribution >= 0.6 is 0 Å². The Morgan fingerprint density at radius 2 is 2.00 bits per heavy atom. The molecule has 108 valence electrons. The average Bonchev–Trinajstić information content (AvgIpc) is 2.40. The lowest BCUT2D eigenvalue weighted by molar-refractivity contribution is -0.385. The van der Waals surface area contributed by atoms with Crippen molar-refractivity contribution in [1.29, 1.82) is 0 Å². The molecule has 0 saturated heterocycles. The molecule has 0 amide bonds. The lowest BCUT2D eigenvalue weighted by Gasteiger charge is -2.06. The summed E-state index contributed by atoms with van der Waals surface area (Å²) in [6.07, 6.45) is 0. The summed E-state index contributed by atoms with van der Waals surface area (Å²) in [7, 11) is 0. The SMILES string of the molecule is Cc1ccc(Oc2nc(C)cc(C(=O)O)n2)c([N+](=O)[O-])c1. The minimum Gasteiger partial charge on any atom is -0.477 e. The largest absolute Gasteiger partial charge is 0.477 e. The van der Waals surface area contributed by atoms with Crippen LogP contribution in [0, 0.1) is 24.0 Å². The number of carbonyl (C=O) groups is 1. The zero-order valence-electron chi connectivity index (χ0n) is 11.2. The Labute approximate surface area is 119 Å². The fraction of sp³-hybridized carbons (Fsp3) is 0.154. The lowest BCUT2D eigenvalue weighted by atomic mass is 10.2. The maximum atomic E-state index is 11.0. The highest BCUT2D eigenvalue weighted by molar-refractivity contribution is 5.85. The van der Waals surface area contributed by atoms with Crippen LogP contribution < -0.4 is 4.74 Å². The second-order valence-corrected chi connectivity index (χ2v) is 4.31. The van der Waals surface area contributed by atoms with Crippen LogP contribution in [0.3, 0.4) is 0 Å². The Kier molecular flexibility index (Phi) is 3.79. The van der Waals surface area contributed by atoms with E-state index in [9.17, 15) is 14.9 Å². The van der Waals surface area contributed by atoms with Crippen LogP contribution in [0.2, 0.25) is 0 Å². The van der Waals surface area contributed by atoms with Gasteiger partial charge in [-0.2, -0.15) is 4.98 Å². The number of hydrogen-bond donors (Lipinski definition) is 1. The highest BCUT2D eigenvalue weighted by atomic mass is 16.6. The van der Waals surface area contributed by atoms with Gasteiger partial charge in [0.05, 0.1) is 4.92 Å². The van der Waals surface area contributed by atoms with Gasteiger partial charge in [-0.15, -0.1) is 0 Å². The molecular weight excluding hydrogens is 278 g/mol. The fourth-order valence-corrected chi connectivity index (χ4v) is 1.65. The number of aromatic nitrogens is 2. The molecule has 8 nitrogen and oxygen atoms in total. The second-order valence-electron chi connectivity index (χ2n) is 4.31. The number of carboxylic acid groups (broad SMARTS) is 1. The van der Waals surface area contributed by atoms with Crippen LogP contribution in [0.4, 0.5) is 5.69 Å². The first-order valence-corrected chi connectivity index (χ1v) is 5.88. The molecule has 0 saturated carbocycles. The van der Waals surface area contributed by atoms with Crippen LogP contribution in [-0.4, -0.2) is 26.0 Å². The lowest BCUT2D eigenvalue weighted by Crippen LogP contribution is -2.05. The van der Waals surface area contributed by atoms with Gasteiger partial charge in [-0.25, -0.2) is 9.78 Å². The van der Waals surface area contributed by atoms with Gasteiger partial charge < -0.3 is 9.84 Å². The number of nitrogens with zero attached hydrogens (tertiary/aromatic N) is 3. The highest BCUT2D eigenvalue weighted by Crippen LogP contribution is 2.30. The number of nitro groups is 1. The zero-order valence-corrected chi connectivity index (χ0v) is 11.2. The average molecular weight is 289 g/mol. The molecule has 2 aromatic rings. The van der Waals surface area contributed by atoms with Crippen molar-refractivity contribution in [3.8, 4) is 11.8 Å². The molecule has 1 aromatic carbocycles. The molecule has 1 N–H and O–H groups in total. The van der Waals surface area contributed by atoms with Crippen molar-refractivity contribution in [2.75, 3.05) is 0 Å². The molecule has 1 heterocycles. The minimum atomic E-state index is -1.23. The van der Waals surface area contributed by atoms with Crippen molar-refractivity contribution in [3.63, 3.8) is 0 Å². The molecule has 8 heteroatoms. The fourth-order valence-electron chi connectivity index (χ4n) is 1.65. The van der Waals surface area contributed by atoms with Crippen molar-refractivity contribution in [3.05, 3.63) is 51.3 Å². The summed E-state index contributed by atoms with van der Waals surface area (Å²) in [4.78, 5) is 28.9. The van der Waals surface area contributed by atoms with Gasteiger partial charge in [0, 0.05) is 11.8 Å².